The summed E-state index contributed by atoms with van der Waals surface area (Å²) in [5, 5.41) is 5.25. The highest BCUT2D eigenvalue weighted by atomic mass is 32.1. The van der Waals surface area contributed by atoms with Gasteiger partial charge in [-0.15, -0.1) is 11.3 Å². The summed E-state index contributed by atoms with van der Waals surface area (Å²) in [6.07, 6.45) is 3.70. The maximum Gasteiger partial charge on any atom is 0.323 e. The van der Waals surface area contributed by atoms with E-state index in [1.165, 1.54) is 11.3 Å². The highest BCUT2D eigenvalue weighted by molar-refractivity contribution is 7.14. The Morgan fingerprint density at radius 1 is 1.23 bits per heavy atom. The fourth-order valence-corrected chi connectivity index (χ4v) is 4.21. The molecule has 0 bridgehead atoms. The number of urea groups is 1. The molecule has 7 nitrogen and oxygen atoms in total. The number of amides is 3. The summed E-state index contributed by atoms with van der Waals surface area (Å²) >= 11 is 1.39. The zero-order valence-electron chi connectivity index (χ0n) is 16.7. The van der Waals surface area contributed by atoms with Crippen molar-refractivity contribution in [2.75, 3.05) is 18.0 Å². The lowest BCUT2D eigenvalue weighted by atomic mass is 10.1. The Morgan fingerprint density at radius 3 is 2.83 bits per heavy atom. The number of aromatic nitrogens is 2. The summed E-state index contributed by atoms with van der Waals surface area (Å²) in [4.78, 5) is 37.2. The van der Waals surface area contributed by atoms with E-state index in [-0.39, 0.29) is 18.4 Å². The molecule has 2 aromatic heterocycles. The van der Waals surface area contributed by atoms with Gasteiger partial charge in [0.2, 0.25) is 5.91 Å². The van der Waals surface area contributed by atoms with Crippen molar-refractivity contribution in [3.63, 3.8) is 0 Å². The highest BCUT2D eigenvalue weighted by Crippen LogP contribution is 2.23. The number of thiazole rings is 1. The van der Waals surface area contributed by atoms with Crippen LogP contribution in [0.4, 0.5) is 9.93 Å². The second-order valence-corrected chi connectivity index (χ2v) is 8.06. The number of nitrogens with one attached hydrogen (secondary N) is 1. The Hall–Kier alpha value is -3.26. The molecule has 1 aromatic carbocycles. The van der Waals surface area contributed by atoms with Gasteiger partial charge in [0.15, 0.2) is 5.13 Å². The van der Waals surface area contributed by atoms with Crippen LogP contribution >= 0.6 is 11.3 Å². The molecule has 0 saturated carbocycles. The van der Waals surface area contributed by atoms with Gasteiger partial charge in [0, 0.05) is 44.0 Å². The van der Waals surface area contributed by atoms with Crippen LogP contribution in [0.1, 0.15) is 22.4 Å². The fourth-order valence-electron chi connectivity index (χ4n) is 3.36. The molecule has 0 aliphatic carbocycles. The van der Waals surface area contributed by atoms with E-state index in [9.17, 15) is 9.59 Å². The van der Waals surface area contributed by atoms with Gasteiger partial charge in [-0.05, 0) is 29.7 Å². The number of nitrogens with zero attached hydrogens (tertiary/aromatic N) is 4. The van der Waals surface area contributed by atoms with E-state index < -0.39 is 0 Å². The SMILES string of the molecule is Cc1ccccc1CN(Cc1cccnc1)C(=O)Cc1csc(N2CCNC2=O)n1. The van der Waals surface area contributed by atoms with Crippen LogP contribution in [0.3, 0.4) is 0 Å². The van der Waals surface area contributed by atoms with E-state index in [4.69, 9.17) is 0 Å². The fraction of sp³-hybridized carbons (Fsp3) is 0.273. The normalized spacial score (nSPS) is 13.4. The molecule has 0 atom stereocenters. The molecule has 1 fully saturated rings. The lowest BCUT2D eigenvalue weighted by Gasteiger charge is -2.23. The van der Waals surface area contributed by atoms with Gasteiger partial charge in [0.1, 0.15) is 0 Å². The molecule has 4 rings (SSSR count). The standard InChI is InChI=1S/C22H23N5O2S/c1-16-5-2-3-7-18(16)14-26(13-17-6-4-8-23-12-17)20(28)11-19-15-30-22(25-19)27-10-9-24-21(27)29/h2-8,12,15H,9-11,13-14H2,1H3,(H,24,29). The molecule has 8 heteroatoms. The van der Waals surface area contributed by atoms with E-state index in [0.717, 1.165) is 16.7 Å². The Labute approximate surface area is 179 Å². The van der Waals surface area contributed by atoms with Gasteiger partial charge in [-0.25, -0.2) is 9.78 Å². The third-order valence-corrected chi connectivity index (χ3v) is 5.94. The van der Waals surface area contributed by atoms with Gasteiger partial charge in [0.05, 0.1) is 12.1 Å². The first-order chi connectivity index (χ1) is 14.6. The van der Waals surface area contributed by atoms with Crippen molar-refractivity contribution in [3.05, 3.63) is 76.6 Å². The molecule has 30 heavy (non-hydrogen) atoms. The number of rotatable bonds is 7. The monoisotopic (exact) mass is 421 g/mol. The first kappa shape index (κ1) is 20.0. The van der Waals surface area contributed by atoms with Gasteiger partial charge in [-0.2, -0.15) is 0 Å². The predicted molar refractivity (Wildman–Crippen MR) is 116 cm³/mol. The van der Waals surface area contributed by atoms with Crippen LogP contribution in [-0.4, -0.2) is 39.9 Å². The van der Waals surface area contributed by atoms with Gasteiger partial charge >= 0.3 is 6.03 Å². The second kappa shape index (κ2) is 9.04. The largest absolute Gasteiger partial charge is 0.336 e. The third kappa shape index (κ3) is 4.65. The van der Waals surface area contributed by atoms with Crippen molar-refractivity contribution in [2.24, 2.45) is 0 Å². The molecule has 1 saturated heterocycles. The second-order valence-electron chi connectivity index (χ2n) is 7.22. The Balaban J connectivity index is 1.51. The lowest BCUT2D eigenvalue weighted by Crippen LogP contribution is -2.32. The summed E-state index contributed by atoms with van der Waals surface area (Å²) in [6, 6.07) is 11.8. The minimum atomic E-state index is -0.139. The van der Waals surface area contributed by atoms with E-state index in [0.29, 0.717) is 37.0 Å². The number of carbonyl (C=O) groups is 2. The molecule has 3 heterocycles. The first-order valence-corrected chi connectivity index (χ1v) is 10.7. The van der Waals surface area contributed by atoms with Gasteiger partial charge in [-0.3, -0.25) is 14.7 Å². The molecule has 0 unspecified atom stereocenters. The predicted octanol–water partition coefficient (Wildman–Crippen LogP) is 3.15. The molecule has 1 aliphatic heterocycles. The summed E-state index contributed by atoms with van der Waals surface area (Å²) in [5.74, 6) is -0.00942. The van der Waals surface area contributed by atoms with Crippen molar-refractivity contribution in [1.29, 1.82) is 0 Å². The van der Waals surface area contributed by atoms with Crippen molar-refractivity contribution >= 4 is 28.4 Å². The lowest BCUT2D eigenvalue weighted by molar-refractivity contribution is -0.131. The molecule has 0 spiro atoms. The van der Waals surface area contributed by atoms with Crippen LogP contribution in [0, 0.1) is 6.92 Å². The van der Waals surface area contributed by atoms with Gasteiger partial charge in [-0.1, -0.05) is 30.3 Å². The quantitative estimate of drug-likeness (QED) is 0.636. The van der Waals surface area contributed by atoms with E-state index in [2.05, 4.69) is 28.3 Å². The van der Waals surface area contributed by atoms with E-state index in [1.54, 1.807) is 17.3 Å². The van der Waals surface area contributed by atoms with Crippen LogP contribution in [0.25, 0.3) is 0 Å². The van der Waals surface area contributed by atoms with Crippen LogP contribution in [0.15, 0.2) is 54.2 Å². The Morgan fingerprint density at radius 2 is 2.10 bits per heavy atom. The number of aryl methyl sites for hydroxylation is 1. The number of anilines is 1. The molecular formula is C22H23N5O2S. The number of pyridine rings is 1. The average Bonchev–Trinajstić information content (AvgIpc) is 3.38. The van der Waals surface area contributed by atoms with Crippen molar-refractivity contribution in [3.8, 4) is 0 Å². The maximum atomic E-state index is 13.2. The van der Waals surface area contributed by atoms with Crippen LogP contribution in [-0.2, 0) is 24.3 Å². The maximum absolute atomic E-state index is 13.2. The summed E-state index contributed by atoms with van der Waals surface area (Å²) in [5.41, 5.74) is 3.92. The number of carbonyl (C=O) groups excluding carboxylic acids is 2. The third-order valence-electron chi connectivity index (χ3n) is 5.03. The molecule has 1 N–H and O–H groups in total. The molecule has 1 aliphatic rings. The Kier molecular flexibility index (Phi) is 6.04. The van der Waals surface area contributed by atoms with Gasteiger partial charge in [0.25, 0.3) is 0 Å². The van der Waals surface area contributed by atoms with Gasteiger partial charge < -0.3 is 10.2 Å². The zero-order valence-corrected chi connectivity index (χ0v) is 17.6. The summed E-state index contributed by atoms with van der Waals surface area (Å²) in [6.45, 7) is 4.26. The average molecular weight is 422 g/mol. The smallest absolute Gasteiger partial charge is 0.323 e. The molecular weight excluding hydrogens is 398 g/mol. The van der Waals surface area contributed by atoms with E-state index in [1.807, 2.05) is 40.6 Å². The highest BCUT2D eigenvalue weighted by Gasteiger charge is 2.25. The van der Waals surface area contributed by atoms with Crippen molar-refractivity contribution in [1.82, 2.24) is 20.2 Å². The minimum absolute atomic E-state index is 0.00942. The molecule has 3 aromatic rings. The minimum Gasteiger partial charge on any atom is -0.336 e. The molecule has 154 valence electrons. The molecule has 0 radical (unpaired) electrons. The van der Waals surface area contributed by atoms with Crippen molar-refractivity contribution < 1.29 is 9.59 Å². The van der Waals surface area contributed by atoms with E-state index >= 15 is 0 Å². The molecule has 3 amide bonds. The number of hydrogen-bond acceptors (Lipinski definition) is 5. The zero-order chi connectivity index (χ0) is 20.9. The summed E-state index contributed by atoms with van der Waals surface area (Å²) < 4.78 is 0. The van der Waals surface area contributed by atoms with Crippen LogP contribution < -0.4 is 10.2 Å². The first-order valence-electron chi connectivity index (χ1n) is 9.81. The topological polar surface area (TPSA) is 78.4 Å². The number of hydrogen-bond donors (Lipinski definition) is 1. The Bertz CT molecular complexity index is 1040. The summed E-state index contributed by atoms with van der Waals surface area (Å²) in [7, 11) is 0. The van der Waals surface area contributed by atoms with Crippen LogP contribution in [0.2, 0.25) is 0 Å². The van der Waals surface area contributed by atoms with Crippen molar-refractivity contribution in [2.45, 2.75) is 26.4 Å². The van der Waals surface area contributed by atoms with Crippen LogP contribution in [0.5, 0.6) is 0 Å². The number of benzene rings is 1.